The SMILES string of the molecule is CC(C)C(CN)CNCC(C)N(C)C1CC1. The minimum absolute atomic E-state index is 0.610. The Kier molecular flexibility index (Phi) is 5.73. The van der Waals surface area contributed by atoms with Crippen molar-refractivity contribution in [3.63, 3.8) is 0 Å². The van der Waals surface area contributed by atoms with Crippen LogP contribution in [0.2, 0.25) is 0 Å². The second-order valence-electron chi connectivity index (χ2n) is 5.64. The van der Waals surface area contributed by atoms with E-state index in [-0.39, 0.29) is 0 Å². The summed E-state index contributed by atoms with van der Waals surface area (Å²) in [6, 6.07) is 1.49. The third-order valence-electron chi connectivity index (χ3n) is 3.91. The van der Waals surface area contributed by atoms with E-state index in [4.69, 9.17) is 5.73 Å². The topological polar surface area (TPSA) is 41.3 Å². The van der Waals surface area contributed by atoms with Crippen LogP contribution in [0.5, 0.6) is 0 Å². The molecule has 0 aliphatic heterocycles. The Balaban J connectivity index is 2.13. The molecule has 0 aromatic rings. The van der Waals surface area contributed by atoms with Crippen LogP contribution in [-0.4, -0.2) is 43.7 Å². The van der Waals surface area contributed by atoms with E-state index in [9.17, 15) is 0 Å². The van der Waals surface area contributed by atoms with Gasteiger partial charge in [-0.05, 0) is 51.7 Å². The zero-order chi connectivity index (χ0) is 12.1. The summed E-state index contributed by atoms with van der Waals surface area (Å²) in [7, 11) is 2.24. The first-order valence-electron chi connectivity index (χ1n) is 6.69. The number of hydrogen-bond donors (Lipinski definition) is 2. The van der Waals surface area contributed by atoms with E-state index in [1.807, 2.05) is 0 Å². The van der Waals surface area contributed by atoms with Gasteiger partial charge in [-0.1, -0.05) is 13.8 Å². The quantitative estimate of drug-likeness (QED) is 0.656. The monoisotopic (exact) mass is 227 g/mol. The van der Waals surface area contributed by atoms with E-state index in [2.05, 4.69) is 38.0 Å². The fraction of sp³-hybridized carbons (Fsp3) is 1.00. The summed E-state index contributed by atoms with van der Waals surface area (Å²) < 4.78 is 0. The first-order chi connectivity index (χ1) is 7.56. The highest BCUT2D eigenvalue weighted by atomic mass is 15.2. The van der Waals surface area contributed by atoms with Gasteiger partial charge in [-0.3, -0.25) is 4.90 Å². The van der Waals surface area contributed by atoms with Gasteiger partial charge in [-0.15, -0.1) is 0 Å². The van der Waals surface area contributed by atoms with Crippen molar-refractivity contribution >= 4 is 0 Å². The molecule has 0 saturated heterocycles. The molecule has 1 aliphatic rings. The number of nitrogens with two attached hydrogens (primary N) is 1. The van der Waals surface area contributed by atoms with E-state index >= 15 is 0 Å². The molecular weight excluding hydrogens is 198 g/mol. The predicted octanol–water partition coefficient (Wildman–Crippen LogP) is 1.29. The number of nitrogens with zero attached hydrogens (tertiary/aromatic N) is 1. The van der Waals surface area contributed by atoms with Gasteiger partial charge in [-0.2, -0.15) is 0 Å². The third-order valence-corrected chi connectivity index (χ3v) is 3.91. The number of hydrogen-bond acceptors (Lipinski definition) is 3. The Bertz CT molecular complexity index is 190. The summed E-state index contributed by atoms with van der Waals surface area (Å²) in [5, 5.41) is 3.56. The summed E-state index contributed by atoms with van der Waals surface area (Å²) in [6.07, 6.45) is 2.77. The fourth-order valence-corrected chi connectivity index (χ4v) is 2.05. The highest BCUT2D eigenvalue weighted by Crippen LogP contribution is 2.26. The Morgan fingerprint density at radius 1 is 1.25 bits per heavy atom. The van der Waals surface area contributed by atoms with Crippen molar-refractivity contribution in [2.24, 2.45) is 17.6 Å². The summed E-state index contributed by atoms with van der Waals surface area (Å²) in [6.45, 7) is 9.72. The van der Waals surface area contributed by atoms with Gasteiger partial charge in [0.2, 0.25) is 0 Å². The van der Waals surface area contributed by atoms with Gasteiger partial charge in [0.25, 0.3) is 0 Å². The van der Waals surface area contributed by atoms with Gasteiger partial charge in [0.05, 0.1) is 0 Å². The van der Waals surface area contributed by atoms with Crippen LogP contribution in [0.25, 0.3) is 0 Å². The highest BCUT2D eigenvalue weighted by molar-refractivity contribution is 4.85. The standard InChI is InChI=1S/C13H29N3/c1-10(2)12(7-14)9-15-8-11(3)16(4)13-5-6-13/h10-13,15H,5-9,14H2,1-4H3. The minimum Gasteiger partial charge on any atom is -0.330 e. The van der Waals surface area contributed by atoms with Gasteiger partial charge in [0.1, 0.15) is 0 Å². The number of likely N-dealkylation sites (N-methyl/N-ethyl adjacent to an activating group) is 1. The van der Waals surface area contributed by atoms with Gasteiger partial charge in [0.15, 0.2) is 0 Å². The van der Waals surface area contributed by atoms with E-state index in [0.717, 1.165) is 25.7 Å². The van der Waals surface area contributed by atoms with Crippen molar-refractivity contribution in [2.45, 2.75) is 45.7 Å². The van der Waals surface area contributed by atoms with Crippen LogP contribution in [0, 0.1) is 11.8 Å². The molecule has 3 N–H and O–H groups in total. The van der Waals surface area contributed by atoms with Crippen LogP contribution < -0.4 is 11.1 Å². The summed E-state index contributed by atoms with van der Waals surface area (Å²) in [5.74, 6) is 1.28. The highest BCUT2D eigenvalue weighted by Gasteiger charge is 2.28. The fourth-order valence-electron chi connectivity index (χ4n) is 2.05. The maximum absolute atomic E-state index is 5.76. The average Bonchev–Trinajstić information content (AvgIpc) is 3.06. The second kappa shape index (κ2) is 6.58. The summed E-state index contributed by atoms with van der Waals surface area (Å²) in [4.78, 5) is 2.50. The van der Waals surface area contributed by atoms with Gasteiger partial charge in [0, 0.05) is 18.6 Å². The molecule has 96 valence electrons. The van der Waals surface area contributed by atoms with Crippen molar-refractivity contribution in [3.05, 3.63) is 0 Å². The normalized spacial score (nSPS) is 20.4. The molecule has 0 bridgehead atoms. The Morgan fingerprint density at radius 2 is 1.88 bits per heavy atom. The van der Waals surface area contributed by atoms with Crippen LogP contribution in [-0.2, 0) is 0 Å². The predicted molar refractivity (Wildman–Crippen MR) is 70.5 cm³/mol. The van der Waals surface area contributed by atoms with Crippen molar-refractivity contribution in [2.75, 3.05) is 26.7 Å². The first kappa shape index (κ1) is 13.9. The lowest BCUT2D eigenvalue weighted by Crippen LogP contribution is -2.41. The van der Waals surface area contributed by atoms with E-state index in [1.165, 1.54) is 12.8 Å². The minimum atomic E-state index is 0.610. The van der Waals surface area contributed by atoms with Crippen molar-refractivity contribution < 1.29 is 0 Å². The molecule has 16 heavy (non-hydrogen) atoms. The van der Waals surface area contributed by atoms with Crippen molar-refractivity contribution in [1.29, 1.82) is 0 Å². The maximum Gasteiger partial charge on any atom is 0.0192 e. The zero-order valence-electron chi connectivity index (χ0n) is 11.4. The molecule has 0 aromatic heterocycles. The molecule has 3 nitrogen and oxygen atoms in total. The smallest absolute Gasteiger partial charge is 0.0192 e. The number of rotatable bonds is 8. The lowest BCUT2D eigenvalue weighted by Gasteiger charge is -2.26. The van der Waals surface area contributed by atoms with E-state index < -0.39 is 0 Å². The third kappa shape index (κ3) is 4.40. The van der Waals surface area contributed by atoms with Crippen LogP contribution in [0.1, 0.15) is 33.6 Å². The Hall–Kier alpha value is -0.120. The number of nitrogens with one attached hydrogen (secondary N) is 1. The lowest BCUT2D eigenvalue weighted by atomic mass is 9.96. The van der Waals surface area contributed by atoms with Crippen LogP contribution in [0.15, 0.2) is 0 Å². The van der Waals surface area contributed by atoms with Crippen molar-refractivity contribution in [1.82, 2.24) is 10.2 Å². The molecule has 2 unspecified atom stereocenters. The molecule has 0 radical (unpaired) electrons. The molecule has 0 aromatic carbocycles. The molecule has 3 heteroatoms. The zero-order valence-corrected chi connectivity index (χ0v) is 11.4. The maximum atomic E-state index is 5.76. The average molecular weight is 227 g/mol. The molecule has 1 saturated carbocycles. The van der Waals surface area contributed by atoms with Crippen molar-refractivity contribution in [3.8, 4) is 0 Å². The summed E-state index contributed by atoms with van der Waals surface area (Å²) >= 11 is 0. The van der Waals surface area contributed by atoms with Crippen LogP contribution >= 0.6 is 0 Å². The lowest BCUT2D eigenvalue weighted by molar-refractivity contribution is 0.235. The largest absolute Gasteiger partial charge is 0.330 e. The molecule has 1 aliphatic carbocycles. The molecule has 1 fully saturated rings. The van der Waals surface area contributed by atoms with Gasteiger partial charge in [-0.25, -0.2) is 0 Å². The second-order valence-corrected chi connectivity index (χ2v) is 5.64. The summed E-state index contributed by atoms with van der Waals surface area (Å²) in [5.41, 5.74) is 5.76. The molecule has 0 spiro atoms. The van der Waals surface area contributed by atoms with Crippen LogP contribution in [0.3, 0.4) is 0 Å². The van der Waals surface area contributed by atoms with E-state index in [1.54, 1.807) is 0 Å². The molecule has 0 heterocycles. The molecule has 2 atom stereocenters. The van der Waals surface area contributed by atoms with Gasteiger partial charge < -0.3 is 11.1 Å². The first-order valence-corrected chi connectivity index (χ1v) is 6.69. The molecule has 0 amide bonds. The van der Waals surface area contributed by atoms with Crippen LogP contribution in [0.4, 0.5) is 0 Å². The molecular formula is C13H29N3. The molecule has 1 rings (SSSR count). The van der Waals surface area contributed by atoms with Gasteiger partial charge >= 0.3 is 0 Å². The Labute approximate surface area is 101 Å². The Morgan fingerprint density at radius 3 is 2.31 bits per heavy atom. The van der Waals surface area contributed by atoms with E-state index in [0.29, 0.717) is 17.9 Å².